The summed E-state index contributed by atoms with van der Waals surface area (Å²) < 4.78 is 0. The summed E-state index contributed by atoms with van der Waals surface area (Å²) in [6.45, 7) is 1.91. The molecule has 3 nitrogen and oxygen atoms in total. The maximum atomic E-state index is 8.55. The van der Waals surface area contributed by atoms with E-state index in [0.29, 0.717) is 6.42 Å². The van der Waals surface area contributed by atoms with Gasteiger partial charge in [0.2, 0.25) is 0 Å². The average Bonchev–Trinajstić information content (AvgIpc) is 1.81. The zero-order valence-electron chi connectivity index (χ0n) is 5.92. The van der Waals surface area contributed by atoms with Crippen molar-refractivity contribution in [2.45, 2.75) is 25.1 Å². The van der Waals surface area contributed by atoms with Crippen molar-refractivity contribution < 1.29 is 14.7 Å². The Morgan fingerprint density at radius 1 is 1.40 bits per heavy atom. The Balaban J connectivity index is 3.36. The number of hydrogen-bond acceptors (Lipinski definition) is 3. The van der Waals surface area contributed by atoms with Crippen LogP contribution in [0.25, 0.3) is 0 Å². The second-order valence-corrected chi connectivity index (χ2v) is 4.98. The van der Waals surface area contributed by atoms with E-state index in [0.717, 1.165) is 6.42 Å². The van der Waals surface area contributed by atoms with Crippen molar-refractivity contribution in [3.63, 3.8) is 0 Å². The number of hydrogen-bond donors (Lipinski definition) is 3. The molecule has 5 heteroatoms. The van der Waals surface area contributed by atoms with Crippen LogP contribution >= 0.6 is 19.5 Å². The molecular weight excluding hydrogens is 174 g/mol. The SMILES string of the molecule is CCC(Cl)CC[PH](O)(O)O. The molecule has 0 aliphatic carbocycles. The van der Waals surface area contributed by atoms with Crippen LogP contribution in [-0.4, -0.2) is 26.2 Å². The van der Waals surface area contributed by atoms with Gasteiger partial charge in [0.15, 0.2) is 0 Å². The molecule has 0 bridgehead atoms. The van der Waals surface area contributed by atoms with Crippen LogP contribution in [0, 0.1) is 0 Å². The van der Waals surface area contributed by atoms with E-state index >= 15 is 0 Å². The molecular formula is C5H14ClO3P. The number of rotatable bonds is 4. The van der Waals surface area contributed by atoms with Gasteiger partial charge in [-0.1, -0.05) is 0 Å². The zero-order chi connectivity index (χ0) is 8.20. The van der Waals surface area contributed by atoms with Crippen molar-refractivity contribution in [3.05, 3.63) is 0 Å². The monoisotopic (exact) mass is 188 g/mol. The van der Waals surface area contributed by atoms with Crippen LogP contribution < -0.4 is 0 Å². The van der Waals surface area contributed by atoms with Gasteiger partial charge in [-0.2, -0.15) is 0 Å². The van der Waals surface area contributed by atoms with Gasteiger partial charge >= 0.3 is 65.5 Å². The Morgan fingerprint density at radius 2 is 1.90 bits per heavy atom. The fourth-order valence-corrected chi connectivity index (χ4v) is 1.58. The normalized spacial score (nSPS) is 16.9. The molecule has 0 fully saturated rings. The first kappa shape index (κ1) is 10.6. The van der Waals surface area contributed by atoms with Gasteiger partial charge in [-0.3, -0.25) is 0 Å². The molecule has 0 rings (SSSR count). The number of halogens is 1. The van der Waals surface area contributed by atoms with Crippen LogP contribution in [-0.2, 0) is 0 Å². The van der Waals surface area contributed by atoms with Gasteiger partial charge in [0, 0.05) is 0 Å². The molecule has 0 aromatic heterocycles. The average molecular weight is 189 g/mol. The van der Waals surface area contributed by atoms with Crippen molar-refractivity contribution in [1.29, 1.82) is 0 Å². The van der Waals surface area contributed by atoms with Gasteiger partial charge in [-0.25, -0.2) is 0 Å². The van der Waals surface area contributed by atoms with E-state index in [1.807, 2.05) is 6.92 Å². The van der Waals surface area contributed by atoms with Crippen LogP contribution in [0.2, 0.25) is 0 Å². The van der Waals surface area contributed by atoms with Crippen LogP contribution in [0.15, 0.2) is 0 Å². The molecule has 1 unspecified atom stereocenters. The molecule has 0 aromatic rings. The molecule has 0 aliphatic heterocycles. The minimum atomic E-state index is -3.82. The molecule has 64 valence electrons. The quantitative estimate of drug-likeness (QED) is 0.453. The first-order valence-electron chi connectivity index (χ1n) is 3.27. The fraction of sp³-hybridized carbons (Fsp3) is 1.00. The van der Waals surface area contributed by atoms with Crippen LogP contribution in [0.3, 0.4) is 0 Å². The van der Waals surface area contributed by atoms with E-state index in [-0.39, 0.29) is 11.5 Å². The summed E-state index contributed by atoms with van der Waals surface area (Å²) >= 11 is 5.66. The van der Waals surface area contributed by atoms with Crippen LogP contribution in [0.5, 0.6) is 0 Å². The molecule has 10 heavy (non-hydrogen) atoms. The summed E-state index contributed by atoms with van der Waals surface area (Å²) in [4.78, 5) is 25.7. The van der Waals surface area contributed by atoms with Gasteiger partial charge < -0.3 is 0 Å². The first-order valence-corrected chi connectivity index (χ1v) is 5.75. The first-order chi connectivity index (χ1) is 4.45. The van der Waals surface area contributed by atoms with Crippen molar-refractivity contribution in [2.75, 3.05) is 6.16 Å². The summed E-state index contributed by atoms with van der Waals surface area (Å²) in [5, 5.41) is -0.0571. The molecule has 0 saturated heterocycles. The Bertz CT molecular complexity index is 93.4. The van der Waals surface area contributed by atoms with Crippen LogP contribution in [0.1, 0.15) is 19.8 Å². The Kier molecular flexibility index (Phi) is 4.74. The standard InChI is InChI=1S/C5H14ClO3P/c1-2-5(6)3-4-10(7,8)9/h5,7-10H,2-4H2,1H3. The van der Waals surface area contributed by atoms with E-state index in [1.54, 1.807) is 0 Å². The number of alkyl halides is 1. The van der Waals surface area contributed by atoms with Crippen molar-refractivity contribution >= 4 is 19.5 Å². The molecule has 0 saturated carbocycles. The molecule has 0 aliphatic rings. The van der Waals surface area contributed by atoms with Crippen molar-refractivity contribution in [2.24, 2.45) is 0 Å². The third-order valence-corrected chi connectivity index (χ3v) is 2.72. The summed E-state index contributed by atoms with van der Waals surface area (Å²) in [6, 6.07) is 0. The van der Waals surface area contributed by atoms with Gasteiger partial charge in [0.05, 0.1) is 0 Å². The van der Waals surface area contributed by atoms with Gasteiger partial charge in [0.1, 0.15) is 0 Å². The topological polar surface area (TPSA) is 60.7 Å². The van der Waals surface area contributed by atoms with E-state index in [2.05, 4.69) is 0 Å². The Labute approximate surface area is 66.2 Å². The minimum absolute atomic E-state index is 0.0367. The third-order valence-electron chi connectivity index (χ3n) is 1.24. The predicted molar refractivity (Wildman–Crippen MR) is 44.4 cm³/mol. The Morgan fingerprint density at radius 3 is 2.20 bits per heavy atom. The van der Waals surface area contributed by atoms with Crippen LogP contribution in [0.4, 0.5) is 0 Å². The summed E-state index contributed by atoms with van der Waals surface area (Å²) in [7, 11) is -3.82. The molecule has 3 N–H and O–H groups in total. The Hall–Kier alpha value is 0.600. The molecule has 0 spiro atoms. The molecule has 1 atom stereocenters. The summed E-state index contributed by atoms with van der Waals surface area (Å²) in [6.07, 6.45) is 1.29. The summed E-state index contributed by atoms with van der Waals surface area (Å²) in [5.74, 6) is 0. The van der Waals surface area contributed by atoms with E-state index in [1.165, 1.54) is 0 Å². The predicted octanol–water partition coefficient (Wildman–Crippen LogP) is 0.866. The third kappa shape index (κ3) is 6.72. The van der Waals surface area contributed by atoms with Gasteiger partial charge in [-0.15, -0.1) is 0 Å². The summed E-state index contributed by atoms with van der Waals surface area (Å²) in [5.41, 5.74) is 0. The second-order valence-electron chi connectivity index (χ2n) is 2.32. The van der Waals surface area contributed by atoms with Gasteiger partial charge in [0.25, 0.3) is 0 Å². The van der Waals surface area contributed by atoms with Crippen molar-refractivity contribution in [1.82, 2.24) is 0 Å². The fourth-order valence-electron chi connectivity index (χ4n) is 0.554. The maximum absolute atomic E-state index is 8.55. The zero-order valence-corrected chi connectivity index (χ0v) is 7.67. The van der Waals surface area contributed by atoms with Gasteiger partial charge in [-0.05, 0) is 0 Å². The second kappa shape index (κ2) is 4.47. The van der Waals surface area contributed by atoms with E-state index in [4.69, 9.17) is 26.3 Å². The molecule has 0 heterocycles. The van der Waals surface area contributed by atoms with E-state index in [9.17, 15) is 0 Å². The molecule has 0 aromatic carbocycles. The van der Waals surface area contributed by atoms with E-state index < -0.39 is 7.94 Å². The molecule has 0 radical (unpaired) electrons. The van der Waals surface area contributed by atoms with Crippen molar-refractivity contribution in [3.8, 4) is 0 Å². The molecule has 0 amide bonds.